The van der Waals surface area contributed by atoms with E-state index in [1.807, 2.05) is 0 Å². The monoisotopic (exact) mass is 453 g/mol. The highest BCUT2D eigenvalue weighted by atomic mass is 16.5. The molecule has 0 aliphatic carbocycles. The molecule has 2 aromatic heterocycles. The number of unbranched alkanes of at least 4 members (excludes halogenated alkanes) is 1. The van der Waals surface area contributed by atoms with E-state index in [0.29, 0.717) is 42.0 Å². The number of ether oxygens (including phenoxy) is 2. The Kier molecular flexibility index (Phi) is 7.29. The number of anilines is 1. The topological polar surface area (TPSA) is 114 Å². The maximum absolute atomic E-state index is 6.12. The second-order valence-corrected chi connectivity index (χ2v) is 8.97. The lowest BCUT2D eigenvalue weighted by Gasteiger charge is -2.36. The minimum absolute atomic E-state index is 0.290. The molecular formula is C24H35N7O2. The Balaban J connectivity index is 1.53. The van der Waals surface area contributed by atoms with E-state index in [1.165, 1.54) is 5.56 Å². The number of aromatic amines is 1. The fourth-order valence-corrected chi connectivity index (χ4v) is 4.49. The van der Waals surface area contributed by atoms with E-state index in [0.717, 1.165) is 49.5 Å². The van der Waals surface area contributed by atoms with Crippen LogP contribution < -0.4 is 20.5 Å². The van der Waals surface area contributed by atoms with Crippen molar-refractivity contribution in [3.8, 4) is 11.8 Å². The number of nitrogen functional groups attached to an aromatic ring is 1. The van der Waals surface area contributed by atoms with Crippen molar-refractivity contribution in [2.24, 2.45) is 0 Å². The number of fused-ring (bicyclic) bond motifs is 1. The van der Waals surface area contributed by atoms with Crippen molar-refractivity contribution in [1.82, 2.24) is 30.4 Å². The molecule has 1 saturated heterocycles. The number of nitrogens with one attached hydrogen (secondary N) is 2. The van der Waals surface area contributed by atoms with E-state index in [9.17, 15) is 0 Å². The van der Waals surface area contributed by atoms with Gasteiger partial charge in [0.1, 0.15) is 16.8 Å². The number of rotatable bonds is 9. The van der Waals surface area contributed by atoms with Gasteiger partial charge >= 0.3 is 6.01 Å². The van der Waals surface area contributed by atoms with E-state index < -0.39 is 0 Å². The van der Waals surface area contributed by atoms with Crippen molar-refractivity contribution in [3.63, 3.8) is 0 Å². The Hall–Kier alpha value is -2.91. The van der Waals surface area contributed by atoms with E-state index in [2.05, 4.69) is 69.4 Å². The zero-order valence-corrected chi connectivity index (χ0v) is 20.0. The lowest BCUT2D eigenvalue weighted by atomic mass is 10.0. The Labute approximate surface area is 195 Å². The number of hydrogen-bond acceptors (Lipinski definition) is 8. The summed E-state index contributed by atoms with van der Waals surface area (Å²) in [4.78, 5) is 11.3. The van der Waals surface area contributed by atoms with E-state index >= 15 is 0 Å². The highest BCUT2D eigenvalue weighted by Crippen LogP contribution is 2.28. The summed E-state index contributed by atoms with van der Waals surface area (Å²) in [7, 11) is 1.71. The van der Waals surface area contributed by atoms with Crippen LogP contribution in [-0.2, 0) is 13.0 Å². The lowest BCUT2D eigenvalue weighted by molar-refractivity contribution is 0.166. The van der Waals surface area contributed by atoms with E-state index in [-0.39, 0.29) is 6.01 Å². The summed E-state index contributed by atoms with van der Waals surface area (Å²) in [5.74, 6) is 1.19. The summed E-state index contributed by atoms with van der Waals surface area (Å²) in [6.07, 6.45) is 2.54. The summed E-state index contributed by atoms with van der Waals surface area (Å²) >= 11 is 0. The van der Waals surface area contributed by atoms with Crippen molar-refractivity contribution < 1.29 is 9.47 Å². The van der Waals surface area contributed by atoms with Crippen LogP contribution in [0, 0.1) is 0 Å². The molecule has 1 aliphatic rings. The van der Waals surface area contributed by atoms with Crippen LogP contribution in [0.15, 0.2) is 18.2 Å². The molecule has 4 N–H and O–H groups in total. The van der Waals surface area contributed by atoms with Crippen molar-refractivity contribution in [2.75, 3.05) is 32.5 Å². The fraction of sp³-hybridized carbons (Fsp3) is 0.542. The van der Waals surface area contributed by atoms with Crippen LogP contribution in [0.2, 0.25) is 0 Å². The number of nitrogens with zero attached hydrogens (tertiary/aromatic N) is 4. The molecule has 0 unspecified atom stereocenters. The predicted molar refractivity (Wildman–Crippen MR) is 130 cm³/mol. The van der Waals surface area contributed by atoms with Crippen LogP contribution in [0.4, 0.5) is 5.82 Å². The molecule has 9 nitrogen and oxygen atoms in total. The molecule has 1 aliphatic heterocycles. The largest absolute Gasteiger partial charge is 0.496 e. The van der Waals surface area contributed by atoms with Gasteiger partial charge < -0.3 is 20.5 Å². The summed E-state index contributed by atoms with van der Waals surface area (Å²) in [6.45, 7) is 10.1. The van der Waals surface area contributed by atoms with Crippen molar-refractivity contribution in [1.29, 1.82) is 0 Å². The number of nitrogens with two attached hydrogens (primary N) is 1. The van der Waals surface area contributed by atoms with E-state index in [1.54, 1.807) is 7.11 Å². The first-order valence-corrected chi connectivity index (χ1v) is 11.7. The molecule has 0 spiro atoms. The molecule has 4 rings (SSSR count). The average molecular weight is 454 g/mol. The summed E-state index contributed by atoms with van der Waals surface area (Å²) in [5.41, 5.74) is 10.5. The molecule has 33 heavy (non-hydrogen) atoms. The average Bonchev–Trinajstić information content (AvgIpc) is 3.17. The number of methoxy groups -OCH3 is 1. The van der Waals surface area contributed by atoms with E-state index in [4.69, 9.17) is 15.2 Å². The van der Waals surface area contributed by atoms with Crippen LogP contribution in [0.1, 0.15) is 50.4 Å². The van der Waals surface area contributed by atoms with Gasteiger partial charge in [0.2, 0.25) is 0 Å². The van der Waals surface area contributed by atoms with Gasteiger partial charge in [-0.05, 0) is 31.9 Å². The minimum atomic E-state index is 0.290. The number of benzene rings is 1. The Morgan fingerprint density at radius 1 is 1.18 bits per heavy atom. The fourth-order valence-electron chi connectivity index (χ4n) is 4.49. The smallest absolute Gasteiger partial charge is 0.319 e. The Morgan fingerprint density at radius 3 is 2.70 bits per heavy atom. The van der Waals surface area contributed by atoms with Crippen LogP contribution >= 0.6 is 0 Å². The van der Waals surface area contributed by atoms with Crippen LogP contribution in [-0.4, -0.2) is 64.0 Å². The van der Waals surface area contributed by atoms with Gasteiger partial charge in [0, 0.05) is 43.7 Å². The molecule has 0 radical (unpaired) electrons. The lowest BCUT2D eigenvalue weighted by Crippen LogP contribution is -2.53. The predicted octanol–water partition coefficient (Wildman–Crippen LogP) is 2.90. The molecular weight excluding hydrogens is 418 g/mol. The van der Waals surface area contributed by atoms with Gasteiger partial charge in [-0.2, -0.15) is 15.1 Å². The van der Waals surface area contributed by atoms with Gasteiger partial charge in [-0.1, -0.05) is 25.5 Å². The SMILES string of the molecule is CCCCOc1nc(N)c2[nH]nc(Cc3ccc(CN4C[C@@H](C)N[C@@H](C)C4)cc3OC)c2n1. The van der Waals surface area contributed by atoms with Gasteiger partial charge in [0.05, 0.1) is 19.4 Å². The summed E-state index contributed by atoms with van der Waals surface area (Å²) in [5, 5.41) is 11.0. The molecule has 2 atom stereocenters. The van der Waals surface area contributed by atoms with Crippen LogP contribution in [0.25, 0.3) is 11.0 Å². The van der Waals surface area contributed by atoms with Crippen LogP contribution in [0.5, 0.6) is 11.8 Å². The second-order valence-electron chi connectivity index (χ2n) is 8.97. The highest BCUT2D eigenvalue weighted by molar-refractivity contribution is 5.86. The Morgan fingerprint density at radius 2 is 1.97 bits per heavy atom. The Bertz CT molecular complexity index is 1070. The zero-order valence-electron chi connectivity index (χ0n) is 20.0. The molecule has 1 aromatic carbocycles. The van der Waals surface area contributed by atoms with Gasteiger partial charge in [-0.15, -0.1) is 0 Å². The molecule has 1 fully saturated rings. The first-order valence-electron chi connectivity index (χ1n) is 11.7. The number of aromatic nitrogens is 4. The maximum atomic E-state index is 6.12. The molecule has 9 heteroatoms. The van der Waals surface area contributed by atoms with Gasteiger partial charge in [0.15, 0.2) is 5.82 Å². The molecule has 3 aromatic rings. The standard InChI is InChI=1S/C24H35N7O2/c1-5-6-9-33-24-27-21-19(29-30-22(21)23(25)28-24)11-18-8-7-17(10-20(18)32-4)14-31-12-15(2)26-16(3)13-31/h7-8,10,15-16,26H,5-6,9,11-14H2,1-4H3,(H,29,30)(H2,25,27,28)/t15-,16+. The first kappa shape index (κ1) is 23.3. The maximum Gasteiger partial charge on any atom is 0.319 e. The first-order chi connectivity index (χ1) is 16.0. The van der Waals surface area contributed by atoms with Crippen molar-refractivity contribution in [2.45, 2.75) is 58.7 Å². The number of piperazine rings is 1. The summed E-state index contributed by atoms with van der Waals surface area (Å²) < 4.78 is 11.4. The molecule has 0 saturated carbocycles. The number of hydrogen-bond donors (Lipinski definition) is 3. The minimum Gasteiger partial charge on any atom is -0.496 e. The third kappa shape index (κ3) is 5.54. The van der Waals surface area contributed by atoms with Gasteiger partial charge in [0.25, 0.3) is 0 Å². The van der Waals surface area contributed by atoms with Gasteiger partial charge in [-0.25, -0.2) is 0 Å². The van der Waals surface area contributed by atoms with Crippen LogP contribution in [0.3, 0.4) is 0 Å². The molecule has 0 amide bonds. The third-order valence-corrected chi connectivity index (χ3v) is 5.97. The summed E-state index contributed by atoms with van der Waals surface area (Å²) in [6, 6.07) is 7.70. The highest BCUT2D eigenvalue weighted by Gasteiger charge is 2.21. The van der Waals surface area contributed by atoms with Crippen molar-refractivity contribution in [3.05, 3.63) is 35.0 Å². The quantitative estimate of drug-likeness (QED) is 0.424. The molecule has 3 heterocycles. The molecule has 178 valence electrons. The second kappa shape index (κ2) is 10.4. The molecule has 0 bridgehead atoms. The number of H-pyrrole nitrogens is 1. The normalized spacial score (nSPS) is 19.2. The van der Waals surface area contributed by atoms with Gasteiger partial charge in [-0.3, -0.25) is 10.00 Å². The van der Waals surface area contributed by atoms with Crippen molar-refractivity contribution >= 4 is 16.9 Å². The third-order valence-electron chi connectivity index (χ3n) is 5.97. The zero-order chi connectivity index (χ0) is 23.4.